The maximum absolute atomic E-state index is 12.8. The number of piperidine rings is 1. The van der Waals surface area contributed by atoms with Crippen LogP contribution in [0.1, 0.15) is 26.7 Å². The van der Waals surface area contributed by atoms with Gasteiger partial charge in [-0.25, -0.2) is 4.39 Å². The summed E-state index contributed by atoms with van der Waals surface area (Å²) in [6.45, 7) is 5.11. The summed E-state index contributed by atoms with van der Waals surface area (Å²) in [7, 11) is 0. The minimum Gasteiger partial charge on any atom is -0.317 e. The maximum Gasteiger partial charge on any atom is 0.111 e. The molecule has 0 spiro atoms. The Morgan fingerprint density at radius 1 is 1.60 bits per heavy atom. The van der Waals surface area contributed by atoms with Crippen molar-refractivity contribution < 1.29 is 4.39 Å². The lowest BCUT2D eigenvalue weighted by atomic mass is 9.68. The summed E-state index contributed by atoms with van der Waals surface area (Å²) in [6.07, 6.45) is 3.45. The van der Waals surface area contributed by atoms with Crippen molar-refractivity contribution in [1.29, 1.82) is 5.26 Å². The van der Waals surface area contributed by atoms with Crippen molar-refractivity contribution in [2.75, 3.05) is 19.8 Å². The normalized spacial score (nSPS) is 23.2. The van der Waals surface area contributed by atoms with Gasteiger partial charge in [-0.2, -0.15) is 5.26 Å². The number of hydrogen-bond donors (Lipinski definition) is 1. The summed E-state index contributed by atoms with van der Waals surface area (Å²) in [5.41, 5.74) is 0.401. The highest BCUT2D eigenvalue weighted by atomic mass is 19.1. The maximum atomic E-state index is 12.8. The quantitative estimate of drug-likeness (QED) is 0.726. The molecule has 1 saturated heterocycles. The molecule has 1 aliphatic heterocycles. The van der Waals surface area contributed by atoms with Gasteiger partial charge in [-0.15, -0.1) is 0 Å². The fourth-order valence-corrected chi connectivity index (χ4v) is 2.31. The zero-order valence-electron chi connectivity index (χ0n) is 9.52. The molecule has 3 heteroatoms. The Balaban J connectivity index is 2.86. The molecule has 1 heterocycles. The van der Waals surface area contributed by atoms with E-state index in [4.69, 9.17) is 0 Å². The van der Waals surface area contributed by atoms with Gasteiger partial charge in [0.05, 0.1) is 11.5 Å². The minimum atomic E-state index is -0.436. The molecule has 1 rings (SSSR count). The molecule has 84 valence electrons. The summed E-state index contributed by atoms with van der Waals surface area (Å²) in [4.78, 5) is 0. The number of allylic oxidation sites excluding steroid dienone is 2. The van der Waals surface area contributed by atoms with E-state index in [2.05, 4.69) is 11.4 Å². The van der Waals surface area contributed by atoms with E-state index in [1.165, 1.54) is 0 Å². The molecule has 0 radical (unpaired) electrons. The van der Waals surface area contributed by atoms with Crippen LogP contribution in [0.15, 0.2) is 11.6 Å². The molecular formula is C12H19FN2. The monoisotopic (exact) mass is 210 g/mol. The highest BCUT2D eigenvalue weighted by Crippen LogP contribution is 2.40. The Kier molecular flexibility index (Phi) is 4.28. The summed E-state index contributed by atoms with van der Waals surface area (Å²) in [5.74, 6) is 0.0274. The zero-order valence-corrected chi connectivity index (χ0v) is 9.52. The molecule has 2 nitrogen and oxygen atoms in total. The van der Waals surface area contributed by atoms with Gasteiger partial charge in [0.25, 0.3) is 0 Å². The van der Waals surface area contributed by atoms with Crippen molar-refractivity contribution in [3.8, 4) is 6.07 Å². The highest BCUT2D eigenvalue weighted by molar-refractivity contribution is 5.17. The van der Waals surface area contributed by atoms with Gasteiger partial charge in [-0.05, 0) is 44.3 Å². The topological polar surface area (TPSA) is 35.8 Å². The van der Waals surface area contributed by atoms with E-state index < -0.39 is 6.67 Å². The van der Waals surface area contributed by atoms with Crippen molar-refractivity contribution in [2.45, 2.75) is 26.7 Å². The lowest BCUT2D eigenvalue weighted by Gasteiger charge is -2.37. The Bertz CT molecular complexity index is 272. The lowest BCUT2D eigenvalue weighted by molar-refractivity contribution is 0.206. The van der Waals surface area contributed by atoms with E-state index in [0.29, 0.717) is 0 Å². The first kappa shape index (κ1) is 12.2. The first-order valence-corrected chi connectivity index (χ1v) is 5.53. The molecule has 0 aromatic rings. The fourth-order valence-electron chi connectivity index (χ4n) is 2.31. The van der Waals surface area contributed by atoms with Crippen LogP contribution in [0.25, 0.3) is 0 Å². The highest BCUT2D eigenvalue weighted by Gasteiger charge is 2.38. The van der Waals surface area contributed by atoms with Gasteiger partial charge in [-0.3, -0.25) is 0 Å². The molecule has 1 aliphatic rings. The van der Waals surface area contributed by atoms with Gasteiger partial charge in [0, 0.05) is 0 Å². The standard InChI is InChI=1S/C12H19FN2/c1-3-11(8-13)10(2)12(9-14)4-6-15-7-5-12/h3,10,15H,4-8H2,1-2H3/b11-3+. The third-order valence-corrected chi connectivity index (χ3v) is 3.63. The van der Waals surface area contributed by atoms with E-state index in [-0.39, 0.29) is 11.3 Å². The van der Waals surface area contributed by atoms with Crippen LogP contribution in [-0.2, 0) is 0 Å². The van der Waals surface area contributed by atoms with Crippen molar-refractivity contribution in [3.05, 3.63) is 11.6 Å². The van der Waals surface area contributed by atoms with E-state index in [1.807, 2.05) is 19.9 Å². The van der Waals surface area contributed by atoms with Gasteiger partial charge in [0.15, 0.2) is 0 Å². The van der Waals surface area contributed by atoms with Crippen LogP contribution in [0, 0.1) is 22.7 Å². The van der Waals surface area contributed by atoms with E-state index in [1.54, 1.807) is 0 Å². The van der Waals surface area contributed by atoms with Crippen LogP contribution in [0.4, 0.5) is 4.39 Å². The zero-order chi connectivity index (χ0) is 11.3. The number of nitrogens with one attached hydrogen (secondary N) is 1. The second kappa shape index (κ2) is 5.27. The fraction of sp³-hybridized carbons (Fsp3) is 0.750. The summed E-state index contributed by atoms with van der Waals surface area (Å²) < 4.78 is 12.8. The molecule has 15 heavy (non-hydrogen) atoms. The minimum absolute atomic E-state index is 0.0274. The Hall–Kier alpha value is -0.880. The van der Waals surface area contributed by atoms with Crippen molar-refractivity contribution >= 4 is 0 Å². The van der Waals surface area contributed by atoms with Crippen molar-refractivity contribution in [2.24, 2.45) is 11.3 Å². The smallest absolute Gasteiger partial charge is 0.111 e. The number of alkyl halides is 1. The molecule has 0 saturated carbocycles. The predicted octanol–water partition coefficient (Wildman–Crippen LogP) is 2.43. The second-order valence-corrected chi connectivity index (χ2v) is 4.24. The first-order valence-electron chi connectivity index (χ1n) is 5.53. The Labute approximate surface area is 91.2 Å². The third kappa shape index (κ3) is 2.38. The van der Waals surface area contributed by atoms with Crippen LogP contribution in [0.2, 0.25) is 0 Å². The number of hydrogen-bond acceptors (Lipinski definition) is 2. The number of nitriles is 1. The SMILES string of the molecule is C/C=C(\CF)C(C)C1(C#N)CCNCC1. The van der Waals surface area contributed by atoms with Gasteiger partial charge < -0.3 is 5.32 Å². The van der Waals surface area contributed by atoms with E-state index >= 15 is 0 Å². The molecule has 0 aromatic heterocycles. The molecule has 1 atom stereocenters. The molecule has 1 N–H and O–H groups in total. The summed E-state index contributed by atoms with van der Waals surface area (Å²) in [5, 5.41) is 12.6. The average Bonchev–Trinajstić information content (AvgIpc) is 2.31. The van der Waals surface area contributed by atoms with Gasteiger partial charge in [0.1, 0.15) is 6.67 Å². The summed E-state index contributed by atoms with van der Waals surface area (Å²) >= 11 is 0. The molecule has 1 fully saturated rings. The Morgan fingerprint density at radius 3 is 2.60 bits per heavy atom. The van der Waals surface area contributed by atoms with Gasteiger partial charge >= 0.3 is 0 Å². The summed E-state index contributed by atoms with van der Waals surface area (Å²) in [6, 6.07) is 2.42. The van der Waals surface area contributed by atoms with Crippen LogP contribution in [0.5, 0.6) is 0 Å². The van der Waals surface area contributed by atoms with Crippen molar-refractivity contribution in [3.63, 3.8) is 0 Å². The number of halogens is 1. The number of nitrogens with zero attached hydrogens (tertiary/aromatic N) is 1. The molecular weight excluding hydrogens is 191 g/mol. The molecule has 0 amide bonds. The van der Waals surface area contributed by atoms with E-state index in [9.17, 15) is 9.65 Å². The Morgan fingerprint density at radius 2 is 2.20 bits per heavy atom. The van der Waals surface area contributed by atoms with E-state index in [0.717, 1.165) is 31.5 Å². The average molecular weight is 210 g/mol. The molecule has 0 bridgehead atoms. The van der Waals surface area contributed by atoms with Crippen LogP contribution < -0.4 is 5.32 Å². The predicted molar refractivity (Wildman–Crippen MR) is 59.0 cm³/mol. The molecule has 0 aliphatic carbocycles. The first-order chi connectivity index (χ1) is 7.20. The largest absolute Gasteiger partial charge is 0.317 e. The van der Waals surface area contributed by atoms with Gasteiger partial charge in [0.2, 0.25) is 0 Å². The molecule has 0 aromatic carbocycles. The third-order valence-electron chi connectivity index (χ3n) is 3.63. The lowest BCUT2D eigenvalue weighted by Crippen LogP contribution is -2.40. The molecule has 1 unspecified atom stereocenters. The second-order valence-electron chi connectivity index (χ2n) is 4.24. The van der Waals surface area contributed by atoms with Gasteiger partial charge in [-0.1, -0.05) is 13.0 Å². The van der Waals surface area contributed by atoms with Crippen molar-refractivity contribution in [1.82, 2.24) is 5.32 Å². The van der Waals surface area contributed by atoms with Crippen LogP contribution in [0.3, 0.4) is 0 Å². The van der Waals surface area contributed by atoms with Crippen LogP contribution >= 0.6 is 0 Å². The van der Waals surface area contributed by atoms with Crippen LogP contribution in [-0.4, -0.2) is 19.8 Å². The number of rotatable bonds is 3.